The first-order valence-corrected chi connectivity index (χ1v) is 6.44. The largest absolute Gasteiger partial charge is 0.364 e. The minimum atomic E-state index is -1.09. The summed E-state index contributed by atoms with van der Waals surface area (Å²) in [5, 5.41) is 8.56. The minimum Gasteiger partial charge on any atom is -0.299 e. The van der Waals surface area contributed by atoms with Gasteiger partial charge in [0.15, 0.2) is 0 Å². The van der Waals surface area contributed by atoms with Crippen molar-refractivity contribution in [3.8, 4) is 0 Å². The molecule has 1 aromatic rings. The van der Waals surface area contributed by atoms with Crippen LogP contribution in [-0.4, -0.2) is 34.0 Å². The van der Waals surface area contributed by atoms with E-state index in [2.05, 4.69) is 4.89 Å². The Kier molecular flexibility index (Phi) is 4.14. The van der Waals surface area contributed by atoms with Crippen LogP contribution in [0, 0.1) is 0 Å². The Morgan fingerprint density at radius 3 is 2.25 bits per heavy atom. The molecule has 6 nitrogen and oxygen atoms in total. The lowest BCUT2D eigenvalue weighted by Gasteiger charge is -2.22. The smallest absolute Gasteiger partial charge is 0.299 e. The zero-order chi connectivity index (χ0) is 14.7. The zero-order valence-electron chi connectivity index (χ0n) is 11.0. The number of unbranched alkanes of at least 4 members (excludes halogenated alkanes) is 1. The van der Waals surface area contributed by atoms with E-state index in [1.807, 2.05) is 6.92 Å². The Bertz CT molecular complexity index is 519. The molecule has 1 heterocycles. The average molecular weight is 277 g/mol. The second kappa shape index (κ2) is 5.83. The lowest BCUT2D eigenvalue weighted by molar-refractivity contribution is -0.238. The molecule has 1 atom stereocenters. The fraction of sp³-hybridized carbons (Fsp3) is 0.357. The molecule has 0 unspecified atom stereocenters. The Hall–Kier alpha value is -2.21. The molecule has 2 amide bonds. The van der Waals surface area contributed by atoms with Crippen molar-refractivity contribution in [3.05, 3.63) is 35.4 Å². The molecule has 0 fully saturated rings. The van der Waals surface area contributed by atoms with E-state index in [-0.39, 0.29) is 17.5 Å². The Balaban J connectivity index is 2.34. The van der Waals surface area contributed by atoms with E-state index < -0.39 is 23.8 Å². The molecule has 0 bridgehead atoms. The third kappa shape index (κ3) is 2.30. The number of hydrogen-bond acceptors (Lipinski definition) is 5. The maximum Gasteiger partial charge on any atom is 0.364 e. The normalized spacial score (nSPS) is 15.2. The summed E-state index contributed by atoms with van der Waals surface area (Å²) < 4.78 is 0. The van der Waals surface area contributed by atoms with Gasteiger partial charge in [-0.3, -0.25) is 19.4 Å². The van der Waals surface area contributed by atoms with Gasteiger partial charge >= 0.3 is 5.97 Å². The molecule has 0 aromatic heterocycles. The van der Waals surface area contributed by atoms with Crippen molar-refractivity contribution in [1.29, 1.82) is 0 Å². The van der Waals surface area contributed by atoms with Gasteiger partial charge < -0.3 is 0 Å². The van der Waals surface area contributed by atoms with Crippen LogP contribution in [0.3, 0.4) is 0 Å². The van der Waals surface area contributed by atoms with E-state index in [1.54, 1.807) is 12.1 Å². The van der Waals surface area contributed by atoms with Gasteiger partial charge in [-0.25, -0.2) is 4.79 Å². The predicted octanol–water partition coefficient (Wildman–Crippen LogP) is 1.86. The summed E-state index contributed by atoms with van der Waals surface area (Å²) in [6, 6.07) is 5.29. The number of benzene rings is 1. The monoisotopic (exact) mass is 277 g/mol. The molecule has 0 saturated carbocycles. The number of rotatable bonds is 5. The molecule has 20 heavy (non-hydrogen) atoms. The summed E-state index contributed by atoms with van der Waals surface area (Å²) in [6.45, 7) is 1.92. The lowest BCUT2D eigenvalue weighted by atomic mass is 10.1. The molecule has 106 valence electrons. The molecule has 0 saturated heterocycles. The number of amides is 2. The van der Waals surface area contributed by atoms with Crippen molar-refractivity contribution in [2.75, 3.05) is 0 Å². The molecular formula is C14H15NO5. The highest BCUT2D eigenvalue weighted by atomic mass is 17.1. The average Bonchev–Trinajstić information content (AvgIpc) is 2.73. The number of nitrogens with zero attached hydrogens (tertiary/aromatic N) is 1. The highest BCUT2D eigenvalue weighted by Crippen LogP contribution is 2.26. The molecule has 0 spiro atoms. The van der Waals surface area contributed by atoms with Gasteiger partial charge in [0, 0.05) is 0 Å². The van der Waals surface area contributed by atoms with Crippen LogP contribution >= 0.6 is 0 Å². The van der Waals surface area contributed by atoms with E-state index in [0.29, 0.717) is 6.42 Å². The van der Waals surface area contributed by atoms with Crippen molar-refractivity contribution in [2.45, 2.75) is 32.2 Å². The van der Waals surface area contributed by atoms with Gasteiger partial charge in [-0.15, -0.1) is 0 Å². The van der Waals surface area contributed by atoms with Crippen LogP contribution in [0.5, 0.6) is 0 Å². The summed E-state index contributed by atoms with van der Waals surface area (Å²) in [4.78, 5) is 40.7. The van der Waals surface area contributed by atoms with Gasteiger partial charge in [-0.05, 0) is 18.6 Å². The van der Waals surface area contributed by atoms with Gasteiger partial charge in [0.1, 0.15) is 6.04 Å². The summed E-state index contributed by atoms with van der Waals surface area (Å²) in [5.41, 5.74) is 0.537. The van der Waals surface area contributed by atoms with Crippen LogP contribution in [0.1, 0.15) is 46.9 Å². The van der Waals surface area contributed by atoms with Crippen LogP contribution in [0.15, 0.2) is 24.3 Å². The first-order valence-electron chi connectivity index (χ1n) is 6.44. The highest BCUT2D eigenvalue weighted by Gasteiger charge is 2.43. The lowest BCUT2D eigenvalue weighted by Crippen LogP contribution is -2.45. The molecule has 0 radical (unpaired) electrons. The van der Waals surface area contributed by atoms with Crippen LogP contribution < -0.4 is 0 Å². The van der Waals surface area contributed by atoms with Crippen LogP contribution in [0.25, 0.3) is 0 Å². The van der Waals surface area contributed by atoms with Gasteiger partial charge in [0.25, 0.3) is 11.8 Å². The fourth-order valence-electron chi connectivity index (χ4n) is 2.30. The molecule has 6 heteroatoms. The first kappa shape index (κ1) is 14.2. The van der Waals surface area contributed by atoms with Gasteiger partial charge in [-0.1, -0.05) is 31.9 Å². The third-order valence-corrected chi connectivity index (χ3v) is 3.33. The molecule has 1 aliphatic rings. The van der Waals surface area contributed by atoms with E-state index in [9.17, 15) is 14.4 Å². The third-order valence-electron chi connectivity index (χ3n) is 3.33. The summed E-state index contributed by atoms with van der Waals surface area (Å²) >= 11 is 0. The van der Waals surface area contributed by atoms with Crippen molar-refractivity contribution in [3.63, 3.8) is 0 Å². The Morgan fingerprint density at radius 2 is 1.80 bits per heavy atom. The second-order valence-corrected chi connectivity index (χ2v) is 4.59. The number of hydrogen-bond donors (Lipinski definition) is 1. The molecule has 1 aliphatic heterocycles. The van der Waals surface area contributed by atoms with Crippen molar-refractivity contribution in [2.24, 2.45) is 0 Å². The van der Waals surface area contributed by atoms with Crippen LogP contribution in [-0.2, 0) is 9.68 Å². The standard InChI is InChI=1S/C14H15NO5/c1-2-3-8-11(14(18)20-19)15-12(16)9-6-4-5-7-10(9)13(15)17/h4-7,11,19H,2-3,8H2,1H3/t11-/m0/s1. The topological polar surface area (TPSA) is 83.9 Å². The fourth-order valence-corrected chi connectivity index (χ4v) is 2.30. The predicted molar refractivity (Wildman–Crippen MR) is 69.0 cm³/mol. The number of fused-ring (bicyclic) bond motifs is 1. The van der Waals surface area contributed by atoms with Crippen molar-refractivity contribution < 1.29 is 24.5 Å². The Labute approximate surface area is 115 Å². The van der Waals surface area contributed by atoms with Crippen molar-refractivity contribution in [1.82, 2.24) is 4.90 Å². The maximum atomic E-state index is 12.2. The van der Waals surface area contributed by atoms with Crippen LogP contribution in [0.4, 0.5) is 0 Å². The van der Waals surface area contributed by atoms with E-state index in [0.717, 1.165) is 11.3 Å². The molecular weight excluding hydrogens is 262 g/mol. The molecule has 0 aliphatic carbocycles. The van der Waals surface area contributed by atoms with Gasteiger partial charge in [0.05, 0.1) is 11.1 Å². The summed E-state index contributed by atoms with van der Waals surface area (Å²) in [7, 11) is 0. The number of carbonyl (C=O) groups excluding carboxylic acids is 3. The minimum absolute atomic E-state index is 0.265. The highest BCUT2D eigenvalue weighted by molar-refractivity contribution is 6.22. The van der Waals surface area contributed by atoms with E-state index in [1.165, 1.54) is 12.1 Å². The Morgan fingerprint density at radius 1 is 1.25 bits per heavy atom. The number of carbonyl (C=O) groups is 3. The maximum absolute atomic E-state index is 12.2. The quantitative estimate of drug-likeness (QED) is 0.504. The summed E-state index contributed by atoms with van der Waals surface area (Å²) in [6.07, 6.45) is 1.69. The van der Waals surface area contributed by atoms with Crippen LogP contribution in [0.2, 0.25) is 0 Å². The van der Waals surface area contributed by atoms with Gasteiger partial charge in [0.2, 0.25) is 0 Å². The van der Waals surface area contributed by atoms with E-state index in [4.69, 9.17) is 5.26 Å². The molecule has 2 rings (SSSR count). The first-order chi connectivity index (χ1) is 9.61. The number of imide groups is 1. The zero-order valence-corrected chi connectivity index (χ0v) is 11.0. The van der Waals surface area contributed by atoms with E-state index >= 15 is 0 Å². The van der Waals surface area contributed by atoms with Crippen molar-refractivity contribution >= 4 is 17.8 Å². The van der Waals surface area contributed by atoms with Gasteiger partial charge in [-0.2, -0.15) is 5.26 Å². The molecule has 1 aromatic carbocycles. The SMILES string of the molecule is CCCC[C@@H](C(=O)OO)N1C(=O)c2ccccc2C1=O. The summed E-state index contributed by atoms with van der Waals surface area (Å²) in [5.74, 6) is -2.05. The molecule has 1 N–H and O–H groups in total. The second-order valence-electron chi connectivity index (χ2n) is 4.59.